The van der Waals surface area contributed by atoms with Gasteiger partial charge in [-0.15, -0.1) is 0 Å². The van der Waals surface area contributed by atoms with Crippen LogP contribution in [0.3, 0.4) is 0 Å². The van der Waals surface area contributed by atoms with Gasteiger partial charge >= 0.3 is 0 Å². The van der Waals surface area contributed by atoms with Crippen molar-refractivity contribution in [2.24, 2.45) is 0 Å². The predicted octanol–water partition coefficient (Wildman–Crippen LogP) is 3.27. The lowest BCUT2D eigenvalue weighted by atomic mass is 10.1. The van der Waals surface area contributed by atoms with Crippen LogP contribution in [-0.2, 0) is 0 Å². The summed E-state index contributed by atoms with van der Waals surface area (Å²) in [5, 5.41) is 4.50. The summed E-state index contributed by atoms with van der Waals surface area (Å²) in [6.45, 7) is 5.72. The third-order valence-electron chi connectivity index (χ3n) is 3.30. The fraction of sp³-hybridized carbons (Fsp3) is 0.188. The van der Waals surface area contributed by atoms with Gasteiger partial charge in [-0.2, -0.15) is 5.10 Å². The van der Waals surface area contributed by atoms with Crippen molar-refractivity contribution in [3.63, 3.8) is 0 Å². The van der Waals surface area contributed by atoms with Gasteiger partial charge in [0.05, 0.1) is 5.56 Å². The number of aldehydes is 1. The van der Waals surface area contributed by atoms with Gasteiger partial charge in [0.25, 0.3) is 0 Å². The number of aryl methyl sites for hydroxylation is 3. The fourth-order valence-electron chi connectivity index (χ4n) is 2.31. The fourth-order valence-corrected chi connectivity index (χ4v) is 2.31. The molecule has 0 saturated carbocycles. The summed E-state index contributed by atoms with van der Waals surface area (Å²) in [6.07, 6.45) is 4.21. The third-order valence-corrected chi connectivity index (χ3v) is 3.30. The molecule has 0 saturated heterocycles. The average Bonchev–Trinajstić information content (AvgIpc) is 3.01. The molecular weight excluding hydrogens is 266 g/mol. The Hall–Kier alpha value is -2.69. The van der Waals surface area contributed by atoms with Crippen LogP contribution in [0.4, 0.5) is 0 Å². The molecule has 0 aliphatic heterocycles. The number of hydrogen-bond donors (Lipinski definition) is 0. The van der Waals surface area contributed by atoms with E-state index in [1.54, 1.807) is 17.1 Å². The summed E-state index contributed by atoms with van der Waals surface area (Å²) in [5.41, 5.74) is 3.05. The third kappa shape index (κ3) is 2.38. The maximum atomic E-state index is 11.3. The molecule has 3 aromatic rings. The largest absolute Gasteiger partial charge is 0.466 e. The number of hydrogen-bond acceptors (Lipinski definition) is 4. The molecule has 0 aliphatic rings. The number of aromatic nitrogens is 3. The number of furan rings is 1. The van der Waals surface area contributed by atoms with Gasteiger partial charge < -0.3 is 4.42 Å². The normalized spacial score (nSPS) is 10.8. The standard InChI is InChI=1S/C16H15N3O2/c1-10-4-5-17-15(6-10)19-8-13(9-20)16(18-19)14-7-11(2)21-12(14)3/h4-9H,1-3H3. The summed E-state index contributed by atoms with van der Waals surface area (Å²) < 4.78 is 7.14. The molecule has 0 aromatic carbocycles. The molecule has 0 spiro atoms. The van der Waals surface area contributed by atoms with E-state index >= 15 is 0 Å². The van der Waals surface area contributed by atoms with Crippen LogP contribution in [0.25, 0.3) is 17.1 Å². The van der Waals surface area contributed by atoms with E-state index in [0.717, 1.165) is 28.9 Å². The van der Waals surface area contributed by atoms with Crippen molar-refractivity contribution in [3.05, 3.63) is 53.2 Å². The van der Waals surface area contributed by atoms with Crippen molar-refractivity contribution in [1.82, 2.24) is 14.8 Å². The Kier molecular flexibility index (Phi) is 3.17. The minimum atomic E-state index is 0.516. The number of pyridine rings is 1. The summed E-state index contributed by atoms with van der Waals surface area (Å²) in [6, 6.07) is 5.72. The first-order valence-electron chi connectivity index (χ1n) is 6.64. The van der Waals surface area contributed by atoms with E-state index in [1.165, 1.54) is 0 Å². The second kappa shape index (κ2) is 5.01. The first-order chi connectivity index (χ1) is 10.1. The molecule has 3 heterocycles. The minimum Gasteiger partial charge on any atom is -0.466 e. The summed E-state index contributed by atoms with van der Waals surface area (Å²) >= 11 is 0. The lowest BCUT2D eigenvalue weighted by Crippen LogP contribution is -1.98. The van der Waals surface area contributed by atoms with Gasteiger partial charge in [-0.05, 0) is 44.5 Å². The second-order valence-corrected chi connectivity index (χ2v) is 5.01. The number of carbonyl (C=O) groups excluding carboxylic acids is 1. The molecule has 0 bridgehead atoms. The van der Waals surface area contributed by atoms with Crippen LogP contribution in [0.15, 0.2) is 35.0 Å². The Morgan fingerprint density at radius 3 is 2.67 bits per heavy atom. The lowest BCUT2D eigenvalue weighted by Gasteiger charge is -2.00. The van der Waals surface area contributed by atoms with Gasteiger partial charge in [-0.25, -0.2) is 9.67 Å². The smallest absolute Gasteiger partial charge is 0.153 e. The van der Waals surface area contributed by atoms with Gasteiger partial charge in [0.15, 0.2) is 12.1 Å². The molecule has 0 unspecified atom stereocenters. The molecule has 0 atom stereocenters. The molecule has 3 aromatic heterocycles. The van der Waals surface area contributed by atoms with Crippen LogP contribution in [0.1, 0.15) is 27.4 Å². The Morgan fingerprint density at radius 2 is 2.05 bits per heavy atom. The summed E-state index contributed by atoms with van der Waals surface area (Å²) in [4.78, 5) is 15.6. The highest BCUT2D eigenvalue weighted by Crippen LogP contribution is 2.28. The summed E-state index contributed by atoms with van der Waals surface area (Å²) in [5.74, 6) is 2.22. The van der Waals surface area contributed by atoms with Gasteiger partial charge in [0.1, 0.15) is 17.2 Å². The SMILES string of the molecule is Cc1ccnc(-n2cc(C=O)c(-c3cc(C)oc3C)n2)c1. The van der Waals surface area contributed by atoms with Crippen LogP contribution >= 0.6 is 0 Å². The lowest BCUT2D eigenvalue weighted by molar-refractivity contribution is 0.112. The van der Waals surface area contributed by atoms with E-state index < -0.39 is 0 Å². The highest BCUT2D eigenvalue weighted by atomic mass is 16.3. The van der Waals surface area contributed by atoms with Crippen LogP contribution < -0.4 is 0 Å². The maximum Gasteiger partial charge on any atom is 0.153 e. The van der Waals surface area contributed by atoms with Crippen molar-refractivity contribution in [1.29, 1.82) is 0 Å². The van der Waals surface area contributed by atoms with Gasteiger partial charge in [-0.1, -0.05) is 0 Å². The average molecular weight is 281 g/mol. The molecule has 0 radical (unpaired) electrons. The molecule has 0 amide bonds. The highest BCUT2D eigenvalue weighted by molar-refractivity contribution is 5.86. The maximum absolute atomic E-state index is 11.3. The Morgan fingerprint density at radius 1 is 1.24 bits per heavy atom. The Balaban J connectivity index is 2.15. The van der Waals surface area contributed by atoms with Crippen molar-refractivity contribution in [3.8, 4) is 17.1 Å². The molecule has 106 valence electrons. The van der Waals surface area contributed by atoms with E-state index in [2.05, 4.69) is 10.1 Å². The van der Waals surface area contributed by atoms with Crippen LogP contribution in [0.2, 0.25) is 0 Å². The zero-order valence-electron chi connectivity index (χ0n) is 12.1. The predicted molar refractivity (Wildman–Crippen MR) is 78.7 cm³/mol. The van der Waals surface area contributed by atoms with Crippen molar-refractivity contribution < 1.29 is 9.21 Å². The van der Waals surface area contributed by atoms with Crippen LogP contribution in [-0.4, -0.2) is 21.1 Å². The Bertz CT molecular complexity index is 815. The van der Waals surface area contributed by atoms with E-state index in [-0.39, 0.29) is 0 Å². The molecule has 0 fully saturated rings. The van der Waals surface area contributed by atoms with E-state index in [9.17, 15) is 4.79 Å². The molecule has 5 heteroatoms. The van der Waals surface area contributed by atoms with Gasteiger partial charge in [0, 0.05) is 18.0 Å². The monoisotopic (exact) mass is 281 g/mol. The van der Waals surface area contributed by atoms with Crippen molar-refractivity contribution in [2.75, 3.05) is 0 Å². The van der Waals surface area contributed by atoms with Crippen LogP contribution in [0.5, 0.6) is 0 Å². The van der Waals surface area contributed by atoms with Gasteiger partial charge in [-0.3, -0.25) is 4.79 Å². The minimum absolute atomic E-state index is 0.516. The van der Waals surface area contributed by atoms with Gasteiger partial charge in [0.2, 0.25) is 0 Å². The van der Waals surface area contributed by atoms with E-state index in [1.807, 2.05) is 39.0 Å². The number of carbonyl (C=O) groups is 1. The molecule has 21 heavy (non-hydrogen) atoms. The first-order valence-corrected chi connectivity index (χ1v) is 6.64. The molecule has 5 nitrogen and oxygen atoms in total. The first kappa shape index (κ1) is 13.3. The van der Waals surface area contributed by atoms with E-state index in [4.69, 9.17) is 4.42 Å². The zero-order valence-corrected chi connectivity index (χ0v) is 12.1. The quantitative estimate of drug-likeness (QED) is 0.691. The number of rotatable bonds is 3. The zero-order chi connectivity index (χ0) is 15.0. The summed E-state index contributed by atoms with van der Waals surface area (Å²) in [7, 11) is 0. The van der Waals surface area contributed by atoms with Crippen LogP contribution in [0, 0.1) is 20.8 Å². The topological polar surface area (TPSA) is 60.9 Å². The molecule has 3 rings (SSSR count). The second-order valence-electron chi connectivity index (χ2n) is 5.01. The van der Waals surface area contributed by atoms with E-state index in [0.29, 0.717) is 17.1 Å². The highest BCUT2D eigenvalue weighted by Gasteiger charge is 2.16. The van der Waals surface area contributed by atoms with Crippen molar-refractivity contribution in [2.45, 2.75) is 20.8 Å². The number of nitrogens with zero attached hydrogens (tertiary/aromatic N) is 3. The molecular formula is C16H15N3O2. The Labute approximate surface area is 122 Å². The molecule has 0 N–H and O–H groups in total. The molecule has 0 aliphatic carbocycles. The van der Waals surface area contributed by atoms with Crippen molar-refractivity contribution >= 4 is 6.29 Å².